The highest BCUT2D eigenvalue weighted by Gasteiger charge is 2.18. The van der Waals surface area contributed by atoms with Crippen molar-refractivity contribution in [2.75, 3.05) is 33.1 Å². The Morgan fingerprint density at radius 3 is 2.58 bits per heavy atom. The Hall–Kier alpha value is -1.22. The number of anilines is 1. The normalized spacial score (nSPS) is 13.4. The van der Waals surface area contributed by atoms with E-state index in [4.69, 9.17) is 15.2 Å². The largest absolute Gasteiger partial charge is 0.399 e. The van der Waals surface area contributed by atoms with Crippen LogP contribution in [0, 0.1) is 5.82 Å². The number of ether oxygens (including phenoxy) is 2. The van der Waals surface area contributed by atoms with Crippen LogP contribution in [0.1, 0.15) is 0 Å². The van der Waals surface area contributed by atoms with Gasteiger partial charge in [0.25, 0.3) is 0 Å². The summed E-state index contributed by atoms with van der Waals surface area (Å²) >= 11 is 0. The van der Waals surface area contributed by atoms with Gasteiger partial charge in [-0.3, -0.25) is 0 Å². The summed E-state index contributed by atoms with van der Waals surface area (Å²) in [5, 5.41) is 0. The number of rotatable bonds is 7. The van der Waals surface area contributed by atoms with Crippen molar-refractivity contribution in [1.29, 1.82) is 0 Å². The molecular formula is C11H17FN2O4S. The van der Waals surface area contributed by atoms with Crippen LogP contribution < -0.4 is 10.5 Å². The van der Waals surface area contributed by atoms with E-state index in [1.165, 1.54) is 20.3 Å². The Kier molecular flexibility index (Phi) is 5.67. The minimum atomic E-state index is -3.83. The van der Waals surface area contributed by atoms with Gasteiger partial charge in [0.1, 0.15) is 5.82 Å². The Balaban J connectivity index is 2.80. The minimum absolute atomic E-state index is 0.0170. The van der Waals surface area contributed by atoms with Gasteiger partial charge in [-0.1, -0.05) is 0 Å². The summed E-state index contributed by atoms with van der Waals surface area (Å²) in [7, 11) is -0.912. The molecule has 0 radical (unpaired) electrons. The van der Waals surface area contributed by atoms with E-state index in [-0.39, 0.29) is 23.7 Å². The monoisotopic (exact) mass is 292 g/mol. The number of halogens is 1. The van der Waals surface area contributed by atoms with E-state index >= 15 is 0 Å². The number of hydrogen-bond acceptors (Lipinski definition) is 5. The van der Waals surface area contributed by atoms with E-state index in [9.17, 15) is 12.8 Å². The standard InChI is InChI=1S/C11H17FN2O4S/c1-17-7-10(18-2)6-14-19(15,16)11-4-8(12)3-9(13)5-11/h3-5,10,14H,6-7,13H2,1-2H3. The number of sulfonamides is 1. The molecule has 0 aliphatic rings. The summed E-state index contributed by atoms with van der Waals surface area (Å²) in [6.07, 6.45) is -0.425. The number of nitrogens with two attached hydrogens (primary N) is 1. The number of nitrogens with one attached hydrogen (secondary N) is 1. The lowest BCUT2D eigenvalue weighted by Crippen LogP contribution is -2.35. The molecule has 0 aliphatic heterocycles. The SMILES string of the molecule is COCC(CNS(=O)(=O)c1cc(N)cc(F)c1)OC. The smallest absolute Gasteiger partial charge is 0.240 e. The van der Waals surface area contributed by atoms with Crippen LogP contribution in [0.25, 0.3) is 0 Å². The highest BCUT2D eigenvalue weighted by atomic mass is 32.2. The Bertz CT molecular complexity index is 501. The lowest BCUT2D eigenvalue weighted by molar-refractivity contribution is 0.0320. The van der Waals surface area contributed by atoms with Gasteiger partial charge < -0.3 is 15.2 Å². The van der Waals surface area contributed by atoms with Crippen LogP contribution in [0.3, 0.4) is 0 Å². The van der Waals surface area contributed by atoms with E-state index in [2.05, 4.69) is 4.72 Å². The average molecular weight is 292 g/mol. The molecule has 0 bridgehead atoms. The third-order valence-corrected chi connectivity index (χ3v) is 3.79. The summed E-state index contributed by atoms with van der Waals surface area (Å²) in [5.41, 5.74) is 5.45. The molecule has 0 aromatic heterocycles. The van der Waals surface area contributed by atoms with Crippen LogP contribution in [-0.2, 0) is 19.5 Å². The maximum absolute atomic E-state index is 13.1. The Morgan fingerprint density at radius 2 is 2.05 bits per heavy atom. The molecule has 0 amide bonds. The van der Waals surface area contributed by atoms with E-state index < -0.39 is 21.9 Å². The van der Waals surface area contributed by atoms with E-state index in [1.807, 2.05) is 0 Å². The van der Waals surface area contributed by atoms with Gasteiger partial charge in [0.05, 0.1) is 17.6 Å². The molecule has 3 N–H and O–H groups in total. The van der Waals surface area contributed by atoms with E-state index in [1.54, 1.807) is 0 Å². The highest BCUT2D eigenvalue weighted by Crippen LogP contribution is 2.15. The van der Waals surface area contributed by atoms with Crippen LogP contribution in [0.5, 0.6) is 0 Å². The van der Waals surface area contributed by atoms with Crippen LogP contribution in [-0.4, -0.2) is 41.9 Å². The second-order valence-electron chi connectivity index (χ2n) is 3.89. The number of methoxy groups -OCH3 is 2. The fourth-order valence-corrected chi connectivity index (χ4v) is 2.55. The molecule has 0 saturated carbocycles. The van der Waals surface area contributed by atoms with Gasteiger partial charge in [0.15, 0.2) is 0 Å². The van der Waals surface area contributed by atoms with Gasteiger partial charge in [-0.05, 0) is 18.2 Å². The fourth-order valence-electron chi connectivity index (χ4n) is 1.42. The Labute approximate surface area is 111 Å². The third-order valence-electron chi connectivity index (χ3n) is 2.39. The second kappa shape index (κ2) is 6.80. The first-order chi connectivity index (χ1) is 8.89. The first-order valence-corrected chi connectivity index (χ1v) is 6.95. The molecular weight excluding hydrogens is 275 g/mol. The minimum Gasteiger partial charge on any atom is -0.399 e. The van der Waals surface area contributed by atoms with Crippen LogP contribution >= 0.6 is 0 Å². The van der Waals surface area contributed by atoms with Crippen molar-refractivity contribution in [2.45, 2.75) is 11.0 Å². The number of benzene rings is 1. The molecule has 0 aliphatic carbocycles. The molecule has 1 unspecified atom stereocenters. The van der Waals surface area contributed by atoms with Crippen LogP contribution in [0.4, 0.5) is 10.1 Å². The van der Waals surface area contributed by atoms with Crippen molar-refractivity contribution < 1.29 is 22.3 Å². The quantitative estimate of drug-likeness (QED) is 0.708. The summed E-state index contributed by atoms with van der Waals surface area (Å²) in [6.45, 7) is 0.257. The van der Waals surface area contributed by atoms with Gasteiger partial charge in [0.2, 0.25) is 10.0 Å². The first kappa shape index (κ1) is 15.8. The highest BCUT2D eigenvalue weighted by molar-refractivity contribution is 7.89. The second-order valence-corrected chi connectivity index (χ2v) is 5.65. The molecule has 8 heteroatoms. The molecule has 0 fully saturated rings. The number of hydrogen-bond donors (Lipinski definition) is 2. The van der Waals surface area contributed by atoms with E-state index in [0.717, 1.165) is 12.1 Å². The summed E-state index contributed by atoms with van der Waals surface area (Å²) < 4.78 is 49.2. The molecule has 1 aromatic carbocycles. The molecule has 1 rings (SSSR count). The zero-order valence-electron chi connectivity index (χ0n) is 10.7. The molecule has 108 valence electrons. The maximum atomic E-state index is 13.1. The van der Waals surface area contributed by atoms with Gasteiger partial charge in [-0.15, -0.1) is 0 Å². The Morgan fingerprint density at radius 1 is 1.37 bits per heavy atom. The molecule has 0 spiro atoms. The van der Waals surface area contributed by atoms with Crippen molar-refractivity contribution in [3.63, 3.8) is 0 Å². The van der Waals surface area contributed by atoms with Gasteiger partial charge in [0, 0.05) is 26.5 Å². The molecule has 6 nitrogen and oxygen atoms in total. The lowest BCUT2D eigenvalue weighted by atomic mass is 10.3. The predicted octanol–water partition coefficient (Wildman–Crippen LogP) is 0.348. The van der Waals surface area contributed by atoms with Gasteiger partial charge in [-0.25, -0.2) is 17.5 Å². The molecule has 1 aromatic rings. The predicted molar refractivity (Wildman–Crippen MR) is 68.7 cm³/mol. The molecule has 19 heavy (non-hydrogen) atoms. The van der Waals surface area contributed by atoms with Crippen LogP contribution in [0.2, 0.25) is 0 Å². The lowest BCUT2D eigenvalue weighted by Gasteiger charge is -2.15. The summed E-state index contributed by atoms with van der Waals surface area (Å²) in [6, 6.07) is 3.13. The zero-order valence-corrected chi connectivity index (χ0v) is 11.5. The summed E-state index contributed by atoms with van der Waals surface area (Å²) in [5.74, 6) is -0.708. The maximum Gasteiger partial charge on any atom is 0.240 e. The van der Waals surface area contributed by atoms with Gasteiger partial charge >= 0.3 is 0 Å². The topological polar surface area (TPSA) is 90.7 Å². The van der Waals surface area contributed by atoms with Crippen molar-refractivity contribution in [1.82, 2.24) is 4.72 Å². The van der Waals surface area contributed by atoms with E-state index in [0.29, 0.717) is 0 Å². The van der Waals surface area contributed by atoms with Crippen molar-refractivity contribution >= 4 is 15.7 Å². The van der Waals surface area contributed by atoms with Crippen LogP contribution in [0.15, 0.2) is 23.1 Å². The molecule has 1 atom stereocenters. The fraction of sp³-hybridized carbons (Fsp3) is 0.455. The molecule has 0 saturated heterocycles. The van der Waals surface area contributed by atoms with Crippen molar-refractivity contribution in [2.24, 2.45) is 0 Å². The van der Waals surface area contributed by atoms with Crippen molar-refractivity contribution in [3.05, 3.63) is 24.0 Å². The first-order valence-electron chi connectivity index (χ1n) is 5.46. The summed E-state index contributed by atoms with van der Waals surface area (Å²) in [4.78, 5) is -0.225. The number of nitrogen functional groups attached to an aromatic ring is 1. The average Bonchev–Trinajstić information content (AvgIpc) is 2.33. The third kappa shape index (κ3) is 4.75. The van der Waals surface area contributed by atoms with Crippen molar-refractivity contribution in [3.8, 4) is 0 Å². The zero-order chi connectivity index (χ0) is 14.5. The van der Waals surface area contributed by atoms with Gasteiger partial charge in [-0.2, -0.15) is 0 Å². The molecule has 0 heterocycles.